The van der Waals surface area contributed by atoms with Gasteiger partial charge in [0, 0.05) is 33.3 Å². The average molecular weight is 815 g/mol. The number of benzene rings is 8. The molecule has 0 saturated heterocycles. The zero-order valence-corrected chi connectivity index (χ0v) is 37.7. The number of rotatable bonds is 5. The molecular formula is C57H40B7N. The molecule has 11 rings (SSSR count). The Hall–Kier alpha value is -5.99. The van der Waals surface area contributed by atoms with E-state index in [2.05, 4.69) is 162 Å². The molecule has 0 aliphatic heterocycles. The van der Waals surface area contributed by atoms with Crippen molar-refractivity contribution in [1.82, 2.24) is 0 Å². The summed E-state index contributed by atoms with van der Waals surface area (Å²) in [5, 5.41) is 0. The normalized spacial score (nSPS) is 15.1. The molecule has 8 aromatic carbocycles. The predicted molar refractivity (Wildman–Crippen MR) is 282 cm³/mol. The fraction of sp³-hybridized carbons (Fsp3) is 0.158. The molecule has 65 heavy (non-hydrogen) atoms. The van der Waals surface area contributed by atoms with Crippen LogP contribution in [0.3, 0.4) is 0 Å². The number of fused-ring (bicyclic) bond motifs is 9. The first kappa shape index (κ1) is 41.7. The maximum Gasteiger partial charge on any atom is 0.113 e. The Morgan fingerprint density at radius 2 is 0.677 bits per heavy atom. The third kappa shape index (κ3) is 5.68. The zero-order chi connectivity index (χ0) is 45.6. The van der Waals surface area contributed by atoms with Gasteiger partial charge in [0.2, 0.25) is 0 Å². The quantitative estimate of drug-likeness (QED) is 0.170. The van der Waals surface area contributed by atoms with Gasteiger partial charge in [0.15, 0.2) is 0 Å². The van der Waals surface area contributed by atoms with Gasteiger partial charge in [-0.2, -0.15) is 0 Å². The van der Waals surface area contributed by atoms with E-state index >= 15 is 0 Å². The molecule has 0 N–H and O–H groups in total. The van der Waals surface area contributed by atoms with Crippen molar-refractivity contribution in [2.45, 2.75) is 57.8 Å². The third-order valence-electron chi connectivity index (χ3n) is 15.1. The topological polar surface area (TPSA) is 3.24 Å². The van der Waals surface area contributed by atoms with E-state index in [1.807, 2.05) is 18.2 Å². The van der Waals surface area contributed by atoms with Crippen LogP contribution in [0, 0.1) is 0 Å². The van der Waals surface area contributed by atoms with Gasteiger partial charge in [-0.25, -0.2) is 0 Å². The fourth-order valence-electron chi connectivity index (χ4n) is 11.6. The van der Waals surface area contributed by atoms with Gasteiger partial charge in [-0.1, -0.05) is 160 Å². The van der Waals surface area contributed by atoms with Crippen LogP contribution in [0.5, 0.6) is 0 Å². The molecule has 0 fully saturated rings. The Morgan fingerprint density at radius 3 is 1.17 bits per heavy atom. The average Bonchev–Trinajstić information content (AvgIpc) is 3.78. The molecule has 0 amide bonds. The van der Waals surface area contributed by atoms with Crippen LogP contribution in [0.4, 0.5) is 17.1 Å². The highest BCUT2D eigenvalue weighted by Crippen LogP contribution is 2.57. The summed E-state index contributed by atoms with van der Waals surface area (Å²) in [4.78, 5) is 2.41. The van der Waals surface area contributed by atoms with E-state index in [1.165, 1.54) is 44.5 Å². The minimum absolute atomic E-state index is 0.137. The third-order valence-corrected chi connectivity index (χ3v) is 15.1. The van der Waals surface area contributed by atoms with E-state index < -0.39 is 5.41 Å². The Kier molecular flexibility index (Phi) is 9.15. The second-order valence-electron chi connectivity index (χ2n) is 19.6. The van der Waals surface area contributed by atoms with Gasteiger partial charge < -0.3 is 4.90 Å². The summed E-state index contributed by atoms with van der Waals surface area (Å²) in [6.07, 6.45) is 0. The number of hydrogen-bond donors (Lipinski definition) is 0. The fourth-order valence-corrected chi connectivity index (χ4v) is 11.6. The highest BCUT2D eigenvalue weighted by atomic mass is 15.1. The lowest BCUT2D eigenvalue weighted by Gasteiger charge is -2.32. The maximum atomic E-state index is 7.23. The minimum atomic E-state index is -0.667. The van der Waals surface area contributed by atoms with Crippen molar-refractivity contribution < 1.29 is 0 Å². The van der Waals surface area contributed by atoms with Gasteiger partial charge in [-0.3, -0.25) is 0 Å². The molecule has 0 bridgehead atoms. The molecule has 3 aliphatic carbocycles. The second kappa shape index (κ2) is 14.3. The molecule has 294 valence electrons. The summed E-state index contributed by atoms with van der Waals surface area (Å²) in [5.41, 5.74) is 20.9. The van der Waals surface area contributed by atoms with Crippen LogP contribution in [-0.2, 0) is 16.2 Å². The van der Waals surface area contributed by atoms with Crippen molar-refractivity contribution in [3.8, 4) is 55.6 Å². The second-order valence-corrected chi connectivity index (χ2v) is 19.6. The van der Waals surface area contributed by atoms with Gasteiger partial charge in [0.1, 0.15) is 54.9 Å². The lowest BCUT2D eigenvalue weighted by Crippen LogP contribution is -2.56. The maximum absolute atomic E-state index is 7.23. The van der Waals surface area contributed by atoms with Crippen molar-refractivity contribution >= 4 is 110 Å². The first-order chi connectivity index (χ1) is 31.0. The molecular weight excluding hydrogens is 774 g/mol. The number of nitrogens with zero attached hydrogens (tertiary/aromatic N) is 1. The van der Waals surface area contributed by atoms with E-state index in [9.17, 15) is 0 Å². The van der Waals surface area contributed by atoms with E-state index in [-0.39, 0.29) is 38.1 Å². The Morgan fingerprint density at radius 1 is 0.308 bits per heavy atom. The molecule has 8 heteroatoms. The molecule has 0 heterocycles. The lowest BCUT2D eigenvalue weighted by atomic mass is 9.57. The molecule has 14 radical (unpaired) electrons. The molecule has 0 aromatic heterocycles. The van der Waals surface area contributed by atoms with Crippen LogP contribution in [-0.4, -0.2) is 54.9 Å². The van der Waals surface area contributed by atoms with Crippen molar-refractivity contribution in [1.29, 1.82) is 0 Å². The van der Waals surface area contributed by atoms with Gasteiger partial charge in [-0.05, 0) is 125 Å². The van der Waals surface area contributed by atoms with Crippen molar-refractivity contribution in [3.63, 3.8) is 0 Å². The smallest absolute Gasteiger partial charge is 0.113 e. The number of hydrogen-bond acceptors (Lipinski definition) is 1. The Balaban J connectivity index is 1.17. The highest BCUT2D eigenvalue weighted by Gasteiger charge is 2.43. The van der Waals surface area contributed by atoms with Crippen LogP contribution in [0.2, 0.25) is 0 Å². The van der Waals surface area contributed by atoms with Gasteiger partial charge >= 0.3 is 0 Å². The monoisotopic (exact) mass is 815 g/mol. The molecule has 3 aliphatic rings. The summed E-state index contributed by atoms with van der Waals surface area (Å²) in [6, 6.07) is 48.4. The largest absolute Gasteiger partial charge is 0.310 e. The lowest BCUT2D eigenvalue weighted by molar-refractivity contribution is 0.660. The van der Waals surface area contributed by atoms with Crippen LogP contribution >= 0.6 is 0 Å². The highest BCUT2D eigenvalue weighted by molar-refractivity contribution is 6.69. The van der Waals surface area contributed by atoms with Crippen molar-refractivity contribution in [2.24, 2.45) is 0 Å². The van der Waals surface area contributed by atoms with E-state index in [4.69, 9.17) is 54.9 Å². The molecule has 0 saturated carbocycles. The van der Waals surface area contributed by atoms with Crippen LogP contribution in [0.1, 0.15) is 74.9 Å². The Labute approximate surface area is 393 Å². The summed E-state index contributed by atoms with van der Waals surface area (Å²) in [5.74, 6) is 0. The molecule has 0 atom stereocenters. The Bertz CT molecular complexity index is 3250. The van der Waals surface area contributed by atoms with Crippen LogP contribution in [0.25, 0.3) is 55.6 Å². The van der Waals surface area contributed by atoms with E-state index in [0.717, 1.165) is 50.4 Å². The summed E-state index contributed by atoms with van der Waals surface area (Å²) in [6.45, 7) is 13.8. The van der Waals surface area contributed by atoms with Crippen LogP contribution < -0.4 is 43.1 Å². The summed E-state index contributed by atoms with van der Waals surface area (Å²) in [7, 11) is 47.6. The SMILES string of the molecule is [B]c1c([B])c([B])c(-c2c([B])c([B])c(-c3ccccc3)c3c2C(C)(C)c2cc(N(c4ccc5c(c4)C(C)(C)c4ccccc4-5)c4ccc5c(c4)C(C)(C)c4ccccc4-5)ccc2-3)c([B])c1[B]. The van der Waals surface area contributed by atoms with Gasteiger partial charge in [-0.15, -0.1) is 16.4 Å². The van der Waals surface area contributed by atoms with Gasteiger partial charge in [0.05, 0.1) is 0 Å². The predicted octanol–water partition coefficient (Wildman–Crippen LogP) is 6.97. The minimum Gasteiger partial charge on any atom is -0.310 e. The molecule has 0 spiro atoms. The summed E-state index contributed by atoms with van der Waals surface area (Å²) < 4.78 is 0. The first-order valence-electron chi connectivity index (χ1n) is 22.2. The van der Waals surface area contributed by atoms with Crippen molar-refractivity contribution in [3.05, 3.63) is 167 Å². The van der Waals surface area contributed by atoms with Crippen molar-refractivity contribution in [2.75, 3.05) is 4.90 Å². The van der Waals surface area contributed by atoms with Crippen LogP contribution in [0.15, 0.2) is 133 Å². The van der Waals surface area contributed by atoms with E-state index in [0.29, 0.717) is 22.1 Å². The van der Waals surface area contributed by atoms with Gasteiger partial charge in [0.25, 0.3) is 0 Å². The van der Waals surface area contributed by atoms with E-state index in [1.54, 1.807) is 0 Å². The zero-order valence-electron chi connectivity index (χ0n) is 37.7. The molecule has 1 nitrogen and oxygen atoms in total. The molecule has 8 aromatic rings. The molecule has 0 unspecified atom stereocenters. The number of anilines is 3. The summed E-state index contributed by atoms with van der Waals surface area (Å²) >= 11 is 0. The standard InChI is InChI=1S/C57H40B7N/c1-55(2)38-18-12-10-16-33(38)35-23-20-30(26-40(35)55)65(31-21-24-36-34-17-11-13-19-39(34)56(3,4)41(36)27-31)32-22-25-37-42(28-32)57(5,6)47-44(37)43(29-14-8-7-9-15-29)48(58)49(59)45(47)46-50(60)52(62)54(64)53(63)51(46)61/h7-28H,1-6H3. The first-order valence-corrected chi connectivity index (χ1v) is 22.2.